The van der Waals surface area contributed by atoms with E-state index in [1.54, 1.807) is 12.1 Å². The van der Waals surface area contributed by atoms with Crippen LogP contribution in [0.25, 0.3) is 11.3 Å². The van der Waals surface area contributed by atoms with E-state index in [9.17, 15) is 4.39 Å². The summed E-state index contributed by atoms with van der Waals surface area (Å²) in [4.78, 5) is 5.16. The van der Waals surface area contributed by atoms with Crippen molar-refractivity contribution < 1.29 is 4.39 Å². The number of thiazole rings is 1. The molecule has 2 N–H and O–H groups in total. The van der Waals surface area contributed by atoms with Gasteiger partial charge in [-0.2, -0.15) is 0 Å². The largest absolute Gasteiger partial charge is 0.375 e. The zero-order valence-corrected chi connectivity index (χ0v) is 9.49. The Morgan fingerprint density at radius 1 is 1.47 bits per heavy atom. The van der Waals surface area contributed by atoms with Crippen molar-refractivity contribution in [3.63, 3.8) is 0 Å². The molecule has 0 aliphatic heterocycles. The lowest BCUT2D eigenvalue weighted by molar-refractivity contribution is 0.628. The molecule has 0 atom stereocenters. The highest BCUT2D eigenvalue weighted by Crippen LogP contribution is 2.30. The molecule has 2 nitrogen and oxygen atoms in total. The minimum atomic E-state index is -0.429. The summed E-state index contributed by atoms with van der Waals surface area (Å²) in [6.07, 6.45) is 0. The zero-order chi connectivity index (χ0) is 11.0. The quantitative estimate of drug-likeness (QED) is 0.831. The standard InChI is InChI=1S/C10H8ClFN2S/c1-5-9(14-10(13)15-5)6-2-3-8(12)7(11)4-6/h2-4H,1H3,(H2,13,14). The van der Waals surface area contributed by atoms with Crippen LogP contribution in [0.3, 0.4) is 0 Å². The first-order valence-corrected chi connectivity index (χ1v) is 5.45. The Balaban J connectivity index is 2.54. The zero-order valence-electron chi connectivity index (χ0n) is 7.92. The van der Waals surface area contributed by atoms with Crippen molar-refractivity contribution in [2.75, 3.05) is 5.73 Å². The molecule has 5 heteroatoms. The van der Waals surface area contributed by atoms with E-state index in [-0.39, 0.29) is 5.02 Å². The van der Waals surface area contributed by atoms with E-state index >= 15 is 0 Å². The van der Waals surface area contributed by atoms with Gasteiger partial charge in [0, 0.05) is 10.4 Å². The number of benzene rings is 1. The molecule has 0 aliphatic rings. The van der Waals surface area contributed by atoms with Crippen LogP contribution in [0.5, 0.6) is 0 Å². The molecule has 0 saturated heterocycles. The topological polar surface area (TPSA) is 38.9 Å². The third kappa shape index (κ3) is 1.96. The van der Waals surface area contributed by atoms with E-state index in [0.29, 0.717) is 5.13 Å². The van der Waals surface area contributed by atoms with E-state index in [2.05, 4.69) is 4.98 Å². The van der Waals surface area contributed by atoms with Crippen LogP contribution >= 0.6 is 22.9 Å². The van der Waals surface area contributed by atoms with Crippen molar-refractivity contribution in [1.82, 2.24) is 4.98 Å². The molecule has 0 fully saturated rings. The van der Waals surface area contributed by atoms with Gasteiger partial charge in [-0.25, -0.2) is 9.37 Å². The number of nitrogens with zero attached hydrogens (tertiary/aromatic N) is 1. The fraction of sp³-hybridized carbons (Fsp3) is 0.100. The van der Waals surface area contributed by atoms with Gasteiger partial charge in [0.25, 0.3) is 0 Å². The van der Waals surface area contributed by atoms with Gasteiger partial charge >= 0.3 is 0 Å². The number of nitrogen functional groups attached to an aromatic ring is 1. The van der Waals surface area contributed by atoms with Gasteiger partial charge in [0.2, 0.25) is 0 Å². The van der Waals surface area contributed by atoms with E-state index in [1.807, 2.05) is 6.92 Å². The van der Waals surface area contributed by atoms with Gasteiger partial charge in [-0.05, 0) is 25.1 Å². The van der Waals surface area contributed by atoms with Crippen molar-refractivity contribution >= 4 is 28.1 Å². The second-order valence-corrected chi connectivity index (χ2v) is 4.73. The predicted molar refractivity (Wildman–Crippen MR) is 61.7 cm³/mol. The van der Waals surface area contributed by atoms with Crippen LogP contribution in [-0.4, -0.2) is 4.98 Å². The molecule has 0 unspecified atom stereocenters. The van der Waals surface area contributed by atoms with Gasteiger partial charge in [0.05, 0.1) is 10.7 Å². The number of nitrogens with two attached hydrogens (primary N) is 1. The first-order valence-electron chi connectivity index (χ1n) is 4.26. The molecule has 0 aliphatic carbocycles. The van der Waals surface area contributed by atoms with Gasteiger partial charge in [0.15, 0.2) is 5.13 Å². The molecule has 2 rings (SSSR count). The first-order chi connectivity index (χ1) is 7.08. The second-order valence-electron chi connectivity index (χ2n) is 3.09. The SMILES string of the molecule is Cc1sc(N)nc1-c1ccc(F)c(Cl)c1. The average Bonchev–Trinajstić information content (AvgIpc) is 2.50. The van der Waals surface area contributed by atoms with Crippen LogP contribution in [0.4, 0.5) is 9.52 Å². The monoisotopic (exact) mass is 242 g/mol. The van der Waals surface area contributed by atoms with Gasteiger partial charge in [-0.3, -0.25) is 0 Å². The summed E-state index contributed by atoms with van der Waals surface area (Å²) in [5.74, 6) is -0.429. The maximum Gasteiger partial charge on any atom is 0.180 e. The number of hydrogen-bond donors (Lipinski definition) is 1. The van der Waals surface area contributed by atoms with Crippen molar-refractivity contribution in [3.05, 3.63) is 33.9 Å². The molecular formula is C10H8ClFN2S. The van der Waals surface area contributed by atoms with Crippen LogP contribution < -0.4 is 5.73 Å². The van der Waals surface area contributed by atoms with Crippen LogP contribution in [0.2, 0.25) is 5.02 Å². The summed E-state index contributed by atoms with van der Waals surface area (Å²) in [6, 6.07) is 4.52. The van der Waals surface area contributed by atoms with E-state index in [4.69, 9.17) is 17.3 Å². The fourth-order valence-electron chi connectivity index (χ4n) is 1.33. The lowest BCUT2D eigenvalue weighted by Gasteiger charge is -2.00. The molecule has 2 aromatic rings. The number of aryl methyl sites for hydroxylation is 1. The molecule has 0 saturated carbocycles. The summed E-state index contributed by atoms with van der Waals surface area (Å²) >= 11 is 7.10. The molecule has 1 aromatic heterocycles. The molecule has 0 amide bonds. The van der Waals surface area contributed by atoms with E-state index in [0.717, 1.165) is 16.1 Å². The maximum atomic E-state index is 12.9. The summed E-state index contributed by atoms with van der Waals surface area (Å²) in [6.45, 7) is 1.92. The lowest BCUT2D eigenvalue weighted by atomic mass is 10.1. The third-order valence-electron chi connectivity index (χ3n) is 2.01. The Morgan fingerprint density at radius 2 is 2.20 bits per heavy atom. The van der Waals surface area contributed by atoms with E-state index < -0.39 is 5.82 Å². The molecule has 0 radical (unpaired) electrons. The fourth-order valence-corrected chi connectivity index (χ4v) is 2.22. The summed E-state index contributed by atoms with van der Waals surface area (Å²) < 4.78 is 12.9. The Bertz CT molecular complexity index is 510. The minimum Gasteiger partial charge on any atom is -0.375 e. The van der Waals surface area contributed by atoms with Crippen LogP contribution in [0.15, 0.2) is 18.2 Å². The van der Waals surface area contributed by atoms with Gasteiger partial charge in [0.1, 0.15) is 5.82 Å². The second kappa shape index (κ2) is 3.79. The highest BCUT2D eigenvalue weighted by Gasteiger charge is 2.09. The highest BCUT2D eigenvalue weighted by molar-refractivity contribution is 7.15. The summed E-state index contributed by atoms with van der Waals surface area (Å²) in [5.41, 5.74) is 7.13. The molecule has 1 heterocycles. The highest BCUT2D eigenvalue weighted by atomic mass is 35.5. The molecule has 0 bridgehead atoms. The molecule has 15 heavy (non-hydrogen) atoms. The Hall–Kier alpha value is -1.13. The number of rotatable bonds is 1. The van der Waals surface area contributed by atoms with E-state index in [1.165, 1.54) is 17.4 Å². The summed E-state index contributed by atoms with van der Waals surface area (Å²) in [5, 5.41) is 0.599. The number of aromatic nitrogens is 1. The van der Waals surface area contributed by atoms with Crippen LogP contribution in [0, 0.1) is 12.7 Å². The Morgan fingerprint density at radius 3 is 2.73 bits per heavy atom. The van der Waals surface area contributed by atoms with Crippen LogP contribution in [-0.2, 0) is 0 Å². The molecule has 78 valence electrons. The average molecular weight is 243 g/mol. The van der Waals surface area contributed by atoms with Gasteiger partial charge in [-0.15, -0.1) is 11.3 Å². The predicted octanol–water partition coefficient (Wildman–Crippen LogP) is 3.49. The van der Waals surface area contributed by atoms with Crippen molar-refractivity contribution in [2.45, 2.75) is 6.92 Å². The lowest BCUT2D eigenvalue weighted by Crippen LogP contribution is -1.85. The maximum absolute atomic E-state index is 12.9. The molecule has 0 spiro atoms. The van der Waals surface area contributed by atoms with Crippen molar-refractivity contribution in [1.29, 1.82) is 0 Å². The number of halogens is 2. The van der Waals surface area contributed by atoms with Gasteiger partial charge in [-0.1, -0.05) is 11.6 Å². The van der Waals surface area contributed by atoms with Gasteiger partial charge < -0.3 is 5.73 Å². The van der Waals surface area contributed by atoms with Crippen LogP contribution in [0.1, 0.15) is 4.88 Å². The molecular weight excluding hydrogens is 235 g/mol. The Kier molecular flexibility index (Phi) is 2.63. The smallest absolute Gasteiger partial charge is 0.180 e. The third-order valence-corrected chi connectivity index (χ3v) is 3.10. The Labute approximate surface area is 95.5 Å². The summed E-state index contributed by atoms with van der Waals surface area (Å²) in [7, 11) is 0. The number of anilines is 1. The first kappa shape index (κ1) is 10.4. The normalized spacial score (nSPS) is 10.6. The van der Waals surface area contributed by atoms with Crippen molar-refractivity contribution in [2.24, 2.45) is 0 Å². The number of hydrogen-bond acceptors (Lipinski definition) is 3. The minimum absolute atomic E-state index is 0.0958. The van der Waals surface area contributed by atoms with Crippen molar-refractivity contribution in [3.8, 4) is 11.3 Å². The molecule has 1 aromatic carbocycles.